The number of aromatic nitrogens is 2. The molecule has 5 nitrogen and oxygen atoms in total. The molecule has 3 rings (SSSR count). The van der Waals surface area contributed by atoms with Crippen LogP contribution in [-0.4, -0.2) is 53.1 Å². The van der Waals surface area contributed by atoms with Gasteiger partial charge in [-0.25, -0.2) is 9.97 Å². The summed E-state index contributed by atoms with van der Waals surface area (Å²) >= 11 is 0. The minimum Gasteiger partial charge on any atom is -0.356 e. The van der Waals surface area contributed by atoms with E-state index in [0.717, 1.165) is 12.4 Å². The second kappa shape index (κ2) is 6.52. The molecule has 0 N–H and O–H groups in total. The minimum absolute atomic E-state index is 0.0224. The van der Waals surface area contributed by atoms with Crippen LogP contribution in [0.1, 0.15) is 25.0 Å². The van der Waals surface area contributed by atoms with Gasteiger partial charge in [-0.3, -0.25) is 9.18 Å². The molecule has 0 saturated carbocycles. The molecule has 0 aliphatic carbocycles. The van der Waals surface area contributed by atoms with Crippen LogP contribution in [0.2, 0.25) is 0 Å². The molecule has 0 radical (unpaired) electrons. The lowest BCUT2D eigenvalue weighted by molar-refractivity contribution is -0.141. The fourth-order valence-electron chi connectivity index (χ4n) is 3.35. The number of hydrogen-bond donors (Lipinski definition) is 0. The number of hydrogen-bond acceptors (Lipinski definition) is 4. The van der Waals surface area contributed by atoms with Crippen LogP contribution < -0.4 is 4.90 Å². The lowest BCUT2D eigenvalue weighted by Gasteiger charge is -2.37. The van der Waals surface area contributed by atoms with E-state index in [1.807, 2.05) is 0 Å². The first-order chi connectivity index (χ1) is 11.4. The van der Waals surface area contributed by atoms with Crippen molar-refractivity contribution in [3.63, 3.8) is 0 Å². The Morgan fingerprint density at radius 3 is 2.50 bits per heavy atom. The summed E-state index contributed by atoms with van der Waals surface area (Å²) in [6.07, 6.45) is -2.07. The highest BCUT2D eigenvalue weighted by atomic mass is 19.4. The van der Waals surface area contributed by atoms with Crippen molar-refractivity contribution in [3.05, 3.63) is 18.1 Å². The van der Waals surface area contributed by atoms with Crippen molar-refractivity contribution in [2.24, 2.45) is 5.92 Å². The lowest BCUT2D eigenvalue weighted by atomic mass is 10.0. The molecular weight excluding hydrogens is 328 g/mol. The van der Waals surface area contributed by atoms with E-state index in [-0.39, 0.29) is 30.1 Å². The Balaban J connectivity index is 1.62. The molecule has 2 saturated heterocycles. The minimum atomic E-state index is -4.50. The van der Waals surface area contributed by atoms with Crippen LogP contribution in [0.5, 0.6) is 0 Å². The molecule has 9 heteroatoms. The van der Waals surface area contributed by atoms with Crippen LogP contribution in [0.4, 0.5) is 23.4 Å². The van der Waals surface area contributed by atoms with Crippen molar-refractivity contribution in [3.8, 4) is 0 Å². The Labute approximate surface area is 136 Å². The number of carbonyl (C=O) groups is 1. The molecule has 1 unspecified atom stereocenters. The zero-order valence-corrected chi connectivity index (χ0v) is 13.0. The van der Waals surface area contributed by atoms with Gasteiger partial charge >= 0.3 is 6.18 Å². The first-order valence-corrected chi connectivity index (χ1v) is 7.88. The molecular formula is C15H18F4N4O. The predicted molar refractivity (Wildman–Crippen MR) is 78.1 cm³/mol. The number of carbonyl (C=O) groups excluding carboxylic acids is 1. The number of halogens is 4. The smallest absolute Gasteiger partial charge is 0.356 e. The van der Waals surface area contributed by atoms with Gasteiger partial charge in [0.15, 0.2) is 0 Å². The lowest BCUT2D eigenvalue weighted by Crippen LogP contribution is -2.46. The number of anilines is 1. The second-order valence-electron chi connectivity index (χ2n) is 6.25. The van der Waals surface area contributed by atoms with E-state index < -0.39 is 18.5 Å². The molecule has 0 aromatic carbocycles. The van der Waals surface area contributed by atoms with E-state index in [1.165, 1.54) is 0 Å². The molecule has 3 heterocycles. The molecule has 0 bridgehead atoms. The third-order valence-corrected chi connectivity index (χ3v) is 4.63. The van der Waals surface area contributed by atoms with Gasteiger partial charge in [-0.2, -0.15) is 13.2 Å². The normalized spacial score (nSPS) is 23.2. The topological polar surface area (TPSA) is 49.3 Å². The molecule has 1 atom stereocenters. The molecule has 1 amide bonds. The Morgan fingerprint density at radius 1 is 1.21 bits per heavy atom. The number of likely N-dealkylation sites (tertiary alicyclic amines) is 1. The van der Waals surface area contributed by atoms with Crippen LogP contribution in [0.15, 0.2) is 12.4 Å². The summed E-state index contributed by atoms with van der Waals surface area (Å²) in [5, 5.41) is 0. The standard InChI is InChI=1S/C15H18F4N4O/c16-7-10-5-14(24)23(8-10)11-1-3-22(4-2-11)13-6-12(15(17,18)19)20-9-21-13/h6,9-11H,1-5,7-8H2. The van der Waals surface area contributed by atoms with Crippen molar-refractivity contribution in [2.45, 2.75) is 31.5 Å². The SMILES string of the molecule is O=C1CC(CF)CN1C1CCN(c2cc(C(F)(F)F)ncn2)CC1. The van der Waals surface area contributed by atoms with Gasteiger partial charge in [0, 0.05) is 44.1 Å². The van der Waals surface area contributed by atoms with Crippen molar-refractivity contribution in [1.29, 1.82) is 0 Å². The van der Waals surface area contributed by atoms with Crippen molar-refractivity contribution in [1.82, 2.24) is 14.9 Å². The van der Waals surface area contributed by atoms with Crippen LogP contribution in [-0.2, 0) is 11.0 Å². The van der Waals surface area contributed by atoms with E-state index in [4.69, 9.17) is 0 Å². The van der Waals surface area contributed by atoms with Crippen molar-refractivity contribution in [2.75, 3.05) is 31.2 Å². The maximum absolute atomic E-state index is 12.7. The average Bonchev–Trinajstić information content (AvgIpc) is 2.95. The summed E-state index contributed by atoms with van der Waals surface area (Å²) < 4.78 is 50.9. The number of nitrogens with zero attached hydrogens (tertiary/aromatic N) is 4. The van der Waals surface area contributed by atoms with Crippen LogP contribution in [0, 0.1) is 5.92 Å². The number of alkyl halides is 4. The van der Waals surface area contributed by atoms with Gasteiger partial charge in [0.2, 0.25) is 5.91 Å². The zero-order chi connectivity index (χ0) is 17.3. The second-order valence-corrected chi connectivity index (χ2v) is 6.25. The van der Waals surface area contributed by atoms with E-state index in [9.17, 15) is 22.4 Å². The maximum atomic E-state index is 12.7. The van der Waals surface area contributed by atoms with Gasteiger partial charge in [0.1, 0.15) is 17.8 Å². The number of rotatable bonds is 3. The fraction of sp³-hybridized carbons (Fsp3) is 0.667. The average molecular weight is 346 g/mol. The fourth-order valence-corrected chi connectivity index (χ4v) is 3.35. The third-order valence-electron chi connectivity index (χ3n) is 4.63. The van der Waals surface area contributed by atoms with Gasteiger partial charge in [-0.05, 0) is 12.8 Å². The van der Waals surface area contributed by atoms with E-state index in [1.54, 1.807) is 9.80 Å². The largest absolute Gasteiger partial charge is 0.433 e. The molecule has 1 aromatic heterocycles. The van der Waals surface area contributed by atoms with E-state index in [0.29, 0.717) is 32.5 Å². The van der Waals surface area contributed by atoms with Gasteiger partial charge < -0.3 is 9.80 Å². The summed E-state index contributed by atoms with van der Waals surface area (Å²) in [6, 6.07) is 0.967. The Kier molecular flexibility index (Phi) is 4.60. The van der Waals surface area contributed by atoms with Crippen molar-refractivity contribution >= 4 is 11.7 Å². The quantitative estimate of drug-likeness (QED) is 0.788. The van der Waals surface area contributed by atoms with Gasteiger partial charge in [0.25, 0.3) is 0 Å². The highest BCUT2D eigenvalue weighted by Crippen LogP contribution is 2.31. The summed E-state index contributed by atoms with van der Waals surface area (Å²) in [5.74, 6) is -0.0191. The van der Waals surface area contributed by atoms with Crippen LogP contribution >= 0.6 is 0 Å². The van der Waals surface area contributed by atoms with E-state index in [2.05, 4.69) is 9.97 Å². The molecule has 2 fully saturated rings. The first-order valence-electron chi connectivity index (χ1n) is 7.88. The Bertz CT molecular complexity index is 601. The molecule has 24 heavy (non-hydrogen) atoms. The summed E-state index contributed by atoms with van der Waals surface area (Å²) in [7, 11) is 0. The highest BCUT2D eigenvalue weighted by Gasteiger charge is 2.37. The monoisotopic (exact) mass is 346 g/mol. The first kappa shape index (κ1) is 16.9. The molecule has 1 aromatic rings. The summed E-state index contributed by atoms with van der Waals surface area (Å²) in [4.78, 5) is 22.6. The predicted octanol–water partition coefficient (Wildman–Crippen LogP) is 2.28. The Hall–Kier alpha value is -1.93. The van der Waals surface area contributed by atoms with Crippen molar-refractivity contribution < 1.29 is 22.4 Å². The molecule has 2 aliphatic rings. The van der Waals surface area contributed by atoms with Gasteiger partial charge in [-0.15, -0.1) is 0 Å². The zero-order valence-electron chi connectivity index (χ0n) is 13.0. The van der Waals surface area contributed by atoms with Gasteiger partial charge in [-0.1, -0.05) is 0 Å². The number of piperidine rings is 1. The van der Waals surface area contributed by atoms with Crippen LogP contribution in [0.3, 0.4) is 0 Å². The molecule has 132 valence electrons. The molecule has 2 aliphatic heterocycles. The van der Waals surface area contributed by atoms with E-state index >= 15 is 0 Å². The third kappa shape index (κ3) is 3.44. The van der Waals surface area contributed by atoms with Gasteiger partial charge in [0.05, 0.1) is 6.67 Å². The summed E-state index contributed by atoms with van der Waals surface area (Å²) in [5.41, 5.74) is -0.963. The number of amides is 1. The highest BCUT2D eigenvalue weighted by molar-refractivity contribution is 5.79. The maximum Gasteiger partial charge on any atom is 0.433 e. The summed E-state index contributed by atoms with van der Waals surface area (Å²) in [6.45, 7) is 0.945. The Morgan fingerprint density at radius 2 is 1.92 bits per heavy atom. The molecule has 0 spiro atoms. The van der Waals surface area contributed by atoms with Crippen LogP contribution in [0.25, 0.3) is 0 Å².